The standard InChI is InChI=1S/C11H11N3O2/c1-2-16-11(15)10(13-14-12)8-9-6-4-3-5-7-9/h3-8H,2H2,1H3. The number of nitrogens with zero attached hydrogens (tertiary/aromatic N) is 3. The lowest BCUT2D eigenvalue weighted by molar-refractivity contribution is -0.138. The fraction of sp³-hybridized carbons (Fsp3) is 0.182. The number of carbonyl (C=O) groups is 1. The van der Waals surface area contributed by atoms with Crippen LogP contribution in [0.2, 0.25) is 0 Å². The minimum absolute atomic E-state index is 0.0458. The number of rotatable bonds is 4. The summed E-state index contributed by atoms with van der Waals surface area (Å²) in [5, 5.41) is 3.31. The average Bonchev–Trinajstić information content (AvgIpc) is 2.30. The van der Waals surface area contributed by atoms with Gasteiger partial charge >= 0.3 is 5.97 Å². The van der Waals surface area contributed by atoms with Gasteiger partial charge in [0.2, 0.25) is 0 Å². The molecule has 0 N–H and O–H groups in total. The lowest BCUT2D eigenvalue weighted by Gasteiger charge is -2.00. The van der Waals surface area contributed by atoms with Gasteiger partial charge in [0.1, 0.15) is 5.70 Å². The van der Waals surface area contributed by atoms with E-state index in [1.54, 1.807) is 19.1 Å². The van der Waals surface area contributed by atoms with Gasteiger partial charge in [-0.05, 0) is 24.1 Å². The topological polar surface area (TPSA) is 75.1 Å². The van der Waals surface area contributed by atoms with Gasteiger partial charge in [-0.2, -0.15) is 0 Å². The predicted octanol–water partition coefficient (Wildman–Crippen LogP) is 2.90. The van der Waals surface area contributed by atoms with Crippen LogP contribution in [0, 0.1) is 0 Å². The minimum Gasteiger partial charge on any atom is -0.462 e. The molecule has 1 rings (SSSR count). The Kier molecular flexibility index (Phi) is 4.63. The number of hydrogen-bond donors (Lipinski definition) is 0. The van der Waals surface area contributed by atoms with Crippen LogP contribution in [0.4, 0.5) is 0 Å². The Hall–Kier alpha value is -2.26. The Morgan fingerprint density at radius 2 is 2.19 bits per heavy atom. The van der Waals surface area contributed by atoms with Crippen LogP contribution in [-0.2, 0) is 9.53 Å². The molecule has 0 amide bonds. The number of carbonyl (C=O) groups excluding carboxylic acids is 1. The summed E-state index contributed by atoms with van der Waals surface area (Å²) >= 11 is 0. The van der Waals surface area contributed by atoms with Crippen LogP contribution in [0.25, 0.3) is 16.5 Å². The van der Waals surface area contributed by atoms with E-state index in [-0.39, 0.29) is 12.3 Å². The third-order valence-electron chi connectivity index (χ3n) is 1.74. The molecule has 0 fully saturated rings. The van der Waals surface area contributed by atoms with Crippen molar-refractivity contribution >= 4 is 12.0 Å². The minimum atomic E-state index is -0.621. The van der Waals surface area contributed by atoms with E-state index in [0.717, 1.165) is 5.56 Å². The van der Waals surface area contributed by atoms with Gasteiger partial charge in [0, 0.05) is 4.91 Å². The van der Waals surface area contributed by atoms with Crippen molar-refractivity contribution in [3.05, 3.63) is 52.0 Å². The molecule has 82 valence electrons. The zero-order valence-corrected chi connectivity index (χ0v) is 8.83. The molecule has 0 spiro atoms. The quantitative estimate of drug-likeness (QED) is 0.255. The first-order chi connectivity index (χ1) is 7.77. The summed E-state index contributed by atoms with van der Waals surface area (Å²) in [7, 11) is 0. The largest absolute Gasteiger partial charge is 0.462 e. The van der Waals surface area contributed by atoms with Crippen LogP contribution in [0.3, 0.4) is 0 Å². The van der Waals surface area contributed by atoms with E-state index in [2.05, 4.69) is 10.0 Å². The van der Waals surface area contributed by atoms with E-state index < -0.39 is 5.97 Å². The van der Waals surface area contributed by atoms with E-state index in [9.17, 15) is 4.79 Å². The molecule has 0 saturated heterocycles. The lowest BCUT2D eigenvalue weighted by atomic mass is 10.2. The average molecular weight is 217 g/mol. The van der Waals surface area contributed by atoms with E-state index in [1.165, 1.54) is 6.08 Å². The molecule has 16 heavy (non-hydrogen) atoms. The second-order valence-electron chi connectivity index (χ2n) is 2.85. The molecule has 0 radical (unpaired) electrons. The molecule has 0 unspecified atom stereocenters. The first kappa shape index (κ1) is 11.8. The maximum atomic E-state index is 11.4. The molecule has 0 aromatic heterocycles. The van der Waals surface area contributed by atoms with Crippen molar-refractivity contribution in [3.8, 4) is 0 Å². The van der Waals surface area contributed by atoms with Crippen LogP contribution >= 0.6 is 0 Å². The summed E-state index contributed by atoms with van der Waals surface area (Å²) in [6.45, 7) is 1.93. The Bertz CT molecular complexity index is 434. The maximum Gasteiger partial charge on any atom is 0.340 e. The second-order valence-corrected chi connectivity index (χ2v) is 2.85. The van der Waals surface area contributed by atoms with Crippen molar-refractivity contribution in [2.45, 2.75) is 6.92 Å². The predicted molar refractivity (Wildman–Crippen MR) is 60.2 cm³/mol. The van der Waals surface area contributed by atoms with Gasteiger partial charge in [-0.15, -0.1) is 0 Å². The normalized spacial score (nSPS) is 10.4. The fourth-order valence-corrected chi connectivity index (χ4v) is 1.09. The molecular formula is C11H11N3O2. The van der Waals surface area contributed by atoms with Gasteiger partial charge in [0.15, 0.2) is 0 Å². The summed E-state index contributed by atoms with van der Waals surface area (Å²) in [5.74, 6) is -0.621. The first-order valence-electron chi connectivity index (χ1n) is 4.77. The summed E-state index contributed by atoms with van der Waals surface area (Å²) in [4.78, 5) is 14.0. The van der Waals surface area contributed by atoms with Crippen molar-refractivity contribution in [2.24, 2.45) is 5.11 Å². The van der Waals surface area contributed by atoms with Crippen molar-refractivity contribution in [3.63, 3.8) is 0 Å². The van der Waals surface area contributed by atoms with E-state index in [1.807, 2.05) is 18.2 Å². The molecular weight excluding hydrogens is 206 g/mol. The number of hydrogen-bond acceptors (Lipinski definition) is 3. The molecule has 0 bridgehead atoms. The van der Waals surface area contributed by atoms with Gasteiger partial charge in [-0.1, -0.05) is 35.4 Å². The van der Waals surface area contributed by atoms with Crippen molar-refractivity contribution in [1.29, 1.82) is 0 Å². The van der Waals surface area contributed by atoms with E-state index in [0.29, 0.717) is 0 Å². The third kappa shape index (κ3) is 3.48. The van der Waals surface area contributed by atoms with Gasteiger partial charge in [-0.3, -0.25) is 0 Å². The zero-order valence-electron chi connectivity index (χ0n) is 8.83. The van der Waals surface area contributed by atoms with Gasteiger partial charge in [0.05, 0.1) is 6.61 Å². The summed E-state index contributed by atoms with van der Waals surface area (Å²) in [5.41, 5.74) is 9.07. The third-order valence-corrected chi connectivity index (χ3v) is 1.74. The molecule has 0 aliphatic heterocycles. The van der Waals surface area contributed by atoms with Gasteiger partial charge in [0.25, 0.3) is 0 Å². The Morgan fingerprint density at radius 3 is 2.75 bits per heavy atom. The number of esters is 1. The SMILES string of the molecule is CCOC(=O)C(=Cc1ccccc1)N=[N+]=[N-]. The maximum absolute atomic E-state index is 11.4. The molecule has 5 heteroatoms. The highest BCUT2D eigenvalue weighted by molar-refractivity contribution is 5.93. The van der Waals surface area contributed by atoms with Crippen LogP contribution in [-0.4, -0.2) is 12.6 Å². The van der Waals surface area contributed by atoms with Gasteiger partial charge < -0.3 is 4.74 Å². The monoisotopic (exact) mass is 217 g/mol. The Balaban J connectivity index is 2.98. The summed E-state index contributed by atoms with van der Waals surface area (Å²) in [6.07, 6.45) is 1.48. The summed E-state index contributed by atoms with van der Waals surface area (Å²) in [6, 6.07) is 9.10. The van der Waals surface area contributed by atoms with Gasteiger partial charge in [-0.25, -0.2) is 4.79 Å². The number of ether oxygens (including phenoxy) is 1. The van der Waals surface area contributed by atoms with E-state index in [4.69, 9.17) is 10.3 Å². The molecule has 0 aliphatic rings. The zero-order chi connectivity index (χ0) is 11.8. The molecule has 0 saturated carbocycles. The van der Waals surface area contributed by atoms with Crippen LogP contribution in [0.5, 0.6) is 0 Å². The molecule has 0 heterocycles. The highest BCUT2D eigenvalue weighted by atomic mass is 16.5. The molecule has 0 aliphatic carbocycles. The number of azide groups is 1. The molecule has 0 atom stereocenters. The Labute approximate surface area is 93.0 Å². The highest BCUT2D eigenvalue weighted by Crippen LogP contribution is 2.09. The first-order valence-corrected chi connectivity index (χ1v) is 4.77. The lowest BCUT2D eigenvalue weighted by Crippen LogP contribution is -2.05. The van der Waals surface area contributed by atoms with Crippen molar-refractivity contribution in [2.75, 3.05) is 6.61 Å². The molecule has 1 aromatic carbocycles. The van der Waals surface area contributed by atoms with Crippen LogP contribution < -0.4 is 0 Å². The highest BCUT2D eigenvalue weighted by Gasteiger charge is 2.07. The van der Waals surface area contributed by atoms with Crippen LogP contribution in [0.15, 0.2) is 41.1 Å². The molecule has 5 nitrogen and oxygen atoms in total. The van der Waals surface area contributed by atoms with Crippen LogP contribution in [0.1, 0.15) is 12.5 Å². The Morgan fingerprint density at radius 1 is 1.50 bits per heavy atom. The summed E-state index contributed by atoms with van der Waals surface area (Å²) < 4.78 is 4.76. The smallest absolute Gasteiger partial charge is 0.340 e. The van der Waals surface area contributed by atoms with Crippen molar-refractivity contribution < 1.29 is 9.53 Å². The van der Waals surface area contributed by atoms with Crippen molar-refractivity contribution in [1.82, 2.24) is 0 Å². The molecule has 1 aromatic rings. The number of benzene rings is 1. The fourth-order valence-electron chi connectivity index (χ4n) is 1.09. The van der Waals surface area contributed by atoms with E-state index >= 15 is 0 Å². The second kappa shape index (κ2) is 6.27.